The van der Waals surface area contributed by atoms with Crippen LogP contribution in [0.5, 0.6) is 0 Å². The van der Waals surface area contributed by atoms with E-state index in [2.05, 4.69) is 0 Å². The second kappa shape index (κ2) is 7.39. The Labute approximate surface area is 166 Å². The van der Waals surface area contributed by atoms with Crippen molar-refractivity contribution in [1.29, 1.82) is 0 Å². The number of furan rings is 1. The maximum atomic E-state index is 12.7. The SMILES string of the molecule is Cc1coc2cc3oc(=O)c(CCC(=O)N4CCCC[C@H]4C(=O)O)c(C)c3cc12. The number of carbonyl (C=O) groups is 2. The van der Waals surface area contributed by atoms with Crippen molar-refractivity contribution in [3.63, 3.8) is 0 Å². The lowest BCUT2D eigenvalue weighted by molar-refractivity contribution is -0.152. The summed E-state index contributed by atoms with van der Waals surface area (Å²) < 4.78 is 11.0. The summed E-state index contributed by atoms with van der Waals surface area (Å²) in [5.41, 5.74) is 2.86. The minimum Gasteiger partial charge on any atom is -0.480 e. The number of carbonyl (C=O) groups excluding carboxylic acids is 1. The summed E-state index contributed by atoms with van der Waals surface area (Å²) in [7, 11) is 0. The Bertz CT molecular complexity index is 1170. The second-order valence-corrected chi connectivity index (χ2v) is 7.69. The van der Waals surface area contributed by atoms with Gasteiger partial charge in [-0.3, -0.25) is 4.79 Å². The van der Waals surface area contributed by atoms with Crippen LogP contribution in [0.15, 0.2) is 32.0 Å². The van der Waals surface area contributed by atoms with E-state index < -0.39 is 17.6 Å². The first-order valence-electron chi connectivity index (χ1n) is 9.83. The van der Waals surface area contributed by atoms with E-state index in [0.717, 1.165) is 34.7 Å². The maximum Gasteiger partial charge on any atom is 0.339 e. The van der Waals surface area contributed by atoms with E-state index in [-0.39, 0.29) is 18.7 Å². The Morgan fingerprint density at radius 2 is 1.97 bits per heavy atom. The Morgan fingerprint density at radius 3 is 2.72 bits per heavy atom. The van der Waals surface area contributed by atoms with E-state index in [0.29, 0.717) is 29.7 Å². The smallest absolute Gasteiger partial charge is 0.339 e. The quantitative estimate of drug-likeness (QED) is 0.676. The van der Waals surface area contributed by atoms with E-state index in [1.807, 2.05) is 19.9 Å². The van der Waals surface area contributed by atoms with E-state index >= 15 is 0 Å². The zero-order valence-corrected chi connectivity index (χ0v) is 16.5. The molecule has 29 heavy (non-hydrogen) atoms. The Kier molecular flexibility index (Phi) is 4.90. The number of carboxylic acid groups (broad SMARTS) is 1. The van der Waals surface area contributed by atoms with Gasteiger partial charge in [-0.15, -0.1) is 0 Å². The van der Waals surface area contributed by atoms with Crippen molar-refractivity contribution in [2.24, 2.45) is 0 Å². The highest BCUT2D eigenvalue weighted by molar-refractivity contribution is 5.96. The molecule has 0 saturated carbocycles. The van der Waals surface area contributed by atoms with E-state index in [1.165, 1.54) is 4.90 Å². The fourth-order valence-corrected chi connectivity index (χ4v) is 4.19. The maximum absolute atomic E-state index is 12.7. The van der Waals surface area contributed by atoms with Crippen molar-refractivity contribution in [1.82, 2.24) is 4.90 Å². The van der Waals surface area contributed by atoms with Crippen molar-refractivity contribution >= 4 is 33.8 Å². The third kappa shape index (κ3) is 3.41. The van der Waals surface area contributed by atoms with Crippen molar-refractivity contribution < 1.29 is 23.5 Å². The molecule has 1 atom stereocenters. The van der Waals surface area contributed by atoms with Crippen molar-refractivity contribution in [2.75, 3.05) is 6.54 Å². The highest BCUT2D eigenvalue weighted by Crippen LogP contribution is 2.29. The number of likely N-dealkylation sites (tertiary alicyclic amines) is 1. The predicted octanol–water partition coefficient (Wildman–Crippen LogP) is 3.55. The van der Waals surface area contributed by atoms with Gasteiger partial charge in [0.05, 0.1) is 6.26 Å². The largest absolute Gasteiger partial charge is 0.480 e. The van der Waals surface area contributed by atoms with Crippen LogP contribution in [0.4, 0.5) is 0 Å². The molecular formula is C22H23NO6. The number of aliphatic carboxylic acids is 1. The molecule has 0 bridgehead atoms. The summed E-state index contributed by atoms with van der Waals surface area (Å²) in [6.45, 7) is 4.24. The molecule has 1 amide bonds. The van der Waals surface area contributed by atoms with Crippen LogP contribution in [0, 0.1) is 13.8 Å². The Hall–Kier alpha value is -3.09. The van der Waals surface area contributed by atoms with Crippen LogP contribution in [0.1, 0.15) is 42.4 Å². The molecule has 152 valence electrons. The lowest BCUT2D eigenvalue weighted by atomic mass is 9.98. The van der Waals surface area contributed by atoms with Gasteiger partial charge in [-0.05, 0) is 56.7 Å². The normalized spacial score (nSPS) is 17.2. The van der Waals surface area contributed by atoms with Gasteiger partial charge in [0.25, 0.3) is 0 Å². The molecule has 4 rings (SSSR count). The second-order valence-electron chi connectivity index (χ2n) is 7.69. The Balaban J connectivity index is 1.63. The van der Waals surface area contributed by atoms with Crippen molar-refractivity contribution in [2.45, 2.75) is 52.0 Å². The van der Waals surface area contributed by atoms with Gasteiger partial charge in [0.15, 0.2) is 0 Å². The van der Waals surface area contributed by atoms with Crippen molar-refractivity contribution in [3.8, 4) is 0 Å². The average Bonchev–Trinajstić information content (AvgIpc) is 3.06. The molecular weight excluding hydrogens is 374 g/mol. The minimum atomic E-state index is -0.973. The first-order valence-corrected chi connectivity index (χ1v) is 9.83. The van der Waals surface area contributed by atoms with Crippen LogP contribution in [-0.2, 0) is 16.0 Å². The van der Waals surface area contributed by atoms with Crippen LogP contribution in [-0.4, -0.2) is 34.5 Å². The van der Waals surface area contributed by atoms with E-state index in [9.17, 15) is 19.5 Å². The number of benzene rings is 1. The third-order valence-corrected chi connectivity index (χ3v) is 5.87. The molecule has 1 aliphatic rings. The molecule has 0 spiro atoms. The van der Waals surface area contributed by atoms with Crippen molar-refractivity contribution in [3.05, 3.63) is 45.5 Å². The standard InChI is InChI=1S/C22H23NO6/c1-12-11-28-18-10-19-16(9-15(12)18)13(2)14(22(27)29-19)6-7-20(24)23-8-4-3-5-17(23)21(25)26/h9-11,17H,3-8H2,1-2H3,(H,25,26)/t17-/m0/s1. The molecule has 1 N–H and O–H groups in total. The number of carboxylic acids is 1. The number of aryl methyl sites for hydroxylation is 2. The molecule has 0 aliphatic carbocycles. The summed E-state index contributed by atoms with van der Waals surface area (Å²) in [6.07, 6.45) is 4.02. The van der Waals surface area contributed by atoms with E-state index in [4.69, 9.17) is 8.83 Å². The lowest BCUT2D eigenvalue weighted by Gasteiger charge is -2.33. The number of amides is 1. The monoisotopic (exact) mass is 397 g/mol. The number of rotatable bonds is 4. The van der Waals surface area contributed by atoms with Crippen LogP contribution in [0.25, 0.3) is 21.9 Å². The molecule has 1 aliphatic heterocycles. The molecule has 7 nitrogen and oxygen atoms in total. The van der Waals surface area contributed by atoms with Gasteiger partial charge in [0.1, 0.15) is 17.2 Å². The minimum absolute atomic E-state index is 0.0773. The predicted molar refractivity (Wildman–Crippen MR) is 107 cm³/mol. The average molecular weight is 397 g/mol. The molecule has 1 saturated heterocycles. The molecule has 1 aromatic carbocycles. The van der Waals surface area contributed by atoms with Crippen LogP contribution >= 0.6 is 0 Å². The summed E-state index contributed by atoms with van der Waals surface area (Å²) in [5.74, 6) is -1.21. The van der Waals surface area contributed by atoms with Gasteiger partial charge < -0.3 is 18.8 Å². The van der Waals surface area contributed by atoms with Crippen LogP contribution in [0.3, 0.4) is 0 Å². The molecule has 3 heterocycles. The number of hydrogen-bond donors (Lipinski definition) is 1. The Morgan fingerprint density at radius 1 is 1.17 bits per heavy atom. The van der Waals surface area contributed by atoms with Gasteiger partial charge >= 0.3 is 11.6 Å². The molecule has 1 fully saturated rings. The topological polar surface area (TPSA) is 101 Å². The fraction of sp³-hybridized carbons (Fsp3) is 0.409. The third-order valence-electron chi connectivity index (χ3n) is 5.87. The summed E-state index contributed by atoms with van der Waals surface area (Å²) in [6, 6.07) is 2.88. The number of hydrogen-bond acceptors (Lipinski definition) is 5. The molecule has 2 aromatic heterocycles. The summed E-state index contributed by atoms with van der Waals surface area (Å²) in [4.78, 5) is 38.1. The van der Waals surface area contributed by atoms with Crippen LogP contribution < -0.4 is 5.63 Å². The zero-order valence-electron chi connectivity index (χ0n) is 16.5. The number of fused-ring (bicyclic) bond motifs is 2. The molecule has 0 radical (unpaired) electrons. The number of piperidine rings is 1. The zero-order chi connectivity index (χ0) is 20.7. The van der Waals surface area contributed by atoms with E-state index in [1.54, 1.807) is 12.3 Å². The van der Waals surface area contributed by atoms with Gasteiger partial charge in [-0.1, -0.05) is 0 Å². The lowest BCUT2D eigenvalue weighted by Crippen LogP contribution is -2.48. The first-order chi connectivity index (χ1) is 13.9. The van der Waals surface area contributed by atoms with Gasteiger partial charge in [0, 0.05) is 35.4 Å². The molecule has 3 aromatic rings. The highest BCUT2D eigenvalue weighted by Gasteiger charge is 2.31. The molecule has 7 heteroatoms. The van der Waals surface area contributed by atoms with Gasteiger partial charge in [-0.25, -0.2) is 9.59 Å². The molecule has 0 unspecified atom stereocenters. The van der Waals surface area contributed by atoms with Crippen LogP contribution in [0.2, 0.25) is 0 Å². The first kappa shape index (κ1) is 19.2. The summed E-state index contributed by atoms with van der Waals surface area (Å²) in [5, 5.41) is 11.1. The van der Waals surface area contributed by atoms with Gasteiger partial charge in [0.2, 0.25) is 5.91 Å². The number of nitrogens with zero attached hydrogens (tertiary/aromatic N) is 1. The van der Waals surface area contributed by atoms with Gasteiger partial charge in [-0.2, -0.15) is 0 Å². The summed E-state index contributed by atoms with van der Waals surface area (Å²) >= 11 is 0. The fourth-order valence-electron chi connectivity index (χ4n) is 4.19. The highest BCUT2D eigenvalue weighted by atomic mass is 16.4.